The molecule has 0 N–H and O–H groups in total. The van der Waals surface area contributed by atoms with Gasteiger partial charge in [0, 0.05) is 7.11 Å². The van der Waals surface area contributed by atoms with Crippen molar-refractivity contribution >= 4 is 0 Å². The van der Waals surface area contributed by atoms with Crippen LogP contribution in [-0.2, 0) is 9.47 Å². The normalized spacial score (nSPS) is 41.7. The minimum absolute atomic E-state index is 0.272. The molecule has 10 heavy (non-hydrogen) atoms. The van der Waals surface area contributed by atoms with E-state index < -0.39 is 0 Å². The first-order chi connectivity index (χ1) is 4.74. The van der Waals surface area contributed by atoms with Gasteiger partial charge in [0.05, 0.1) is 18.3 Å². The summed E-state index contributed by atoms with van der Waals surface area (Å²) in [6, 6.07) is 0. The average Bonchev–Trinajstić information content (AvgIpc) is 1.88. The molecule has 0 spiro atoms. The maximum Gasteiger partial charge on any atom is 0.0831 e. The highest BCUT2D eigenvalue weighted by Gasteiger charge is 2.25. The molecule has 2 heteroatoms. The van der Waals surface area contributed by atoms with Gasteiger partial charge in [-0.2, -0.15) is 0 Å². The Balaban J connectivity index is 2.36. The SMILES string of the molecule is CO[C@@H]1CCC(C)O[C@H]1C. The highest BCUT2D eigenvalue weighted by Crippen LogP contribution is 2.20. The van der Waals surface area contributed by atoms with Crippen molar-refractivity contribution in [1.82, 2.24) is 0 Å². The lowest BCUT2D eigenvalue weighted by Crippen LogP contribution is -2.36. The Morgan fingerprint density at radius 1 is 1.30 bits per heavy atom. The van der Waals surface area contributed by atoms with Crippen LogP contribution in [0.15, 0.2) is 0 Å². The quantitative estimate of drug-likeness (QED) is 0.556. The van der Waals surface area contributed by atoms with Gasteiger partial charge in [-0.05, 0) is 26.7 Å². The molecule has 1 saturated heterocycles. The van der Waals surface area contributed by atoms with Crippen LogP contribution in [0.2, 0.25) is 0 Å². The third-order valence-corrected chi connectivity index (χ3v) is 2.13. The largest absolute Gasteiger partial charge is 0.379 e. The molecule has 0 saturated carbocycles. The van der Waals surface area contributed by atoms with Gasteiger partial charge in [-0.25, -0.2) is 0 Å². The van der Waals surface area contributed by atoms with E-state index in [1.54, 1.807) is 7.11 Å². The zero-order valence-corrected chi connectivity index (χ0v) is 6.96. The fourth-order valence-corrected chi connectivity index (χ4v) is 1.47. The van der Waals surface area contributed by atoms with E-state index in [-0.39, 0.29) is 6.10 Å². The van der Waals surface area contributed by atoms with Crippen LogP contribution in [0, 0.1) is 0 Å². The number of rotatable bonds is 1. The monoisotopic (exact) mass is 144 g/mol. The summed E-state index contributed by atoms with van der Waals surface area (Å²) in [4.78, 5) is 0. The van der Waals surface area contributed by atoms with Crippen LogP contribution in [-0.4, -0.2) is 25.4 Å². The van der Waals surface area contributed by atoms with Crippen molar-refractivity contribution in [2.24, 2.45) is 0 Å². The number of methoxy groups -OCH3 is 1. The van der Waals surface area contributed by atoms with Gasteiger partial charge in [0.1, 0.15) is 0 Å². The molecule has 0 radical (unpaired) electrons. The Kier molecular flexibility index (Phi) is 2.69. The molecule has 0 aromatic carbocycles. The Morgan fingerprint density at radius 2 is 2.00 bits per heavy atom. The summed E-state index contributed by atoms with van der Waals surface area (Å²) in [7, 11) is 1.75. The Morgan fingerprint density at radius 3 is 2.50 bits per heavy atom. The fourth-order valence-electron chi connectivity index (χ4n) is 1.47. The fraction of sp³-hybridized carbons (Fsp3) is 1.00. The molecule has 1 aliphatic rings. The smallest absolute Gasteiger partial charge is 0.0831 e. The first kappa shape index (κ1) is 8.02. The van der Waals surface area contributed by atoms with E-state index in [0.717, 1.165) is 12.8 Å². The maximum atomic E-state index is 5.56. The minimum atomic E-state index is 0.272. The van der Waals surface area contributed by atoms with Crippen LogP contribution in [0.1, 0.15) is 26.7 Å². The third kappa shape index (κ3) is 1.70. The van der Waals surface area contributed by atoms with Crippen molar-refractivity contribution in [2.45, 2.75) is 45.0 Å². The standard InChI is InChI=1S/C8H16O2/c1-6-4-5-8(9-3)7(2)10-6/h6-8H,4-5H2,1-3H3/t6?,7-,8+/m0/s1. The maximum absolute atomic E-state index is 5.56. The van der Waals surface area contributed by atoms with Crippen LogP contribution < -0.4 is 0 Å². The van der Waals surface area contributed by atoms with Crippen LogP contribution in [0.3, 0.4) is 0 Å². The van der Waals surface area contributed by atoms with Gasteiger partial charge in [0.15, 0.2) is 0 Å². The summed E-state index contributed by atoms with van der Waals surface area (Å²) in [5, 5.41) is 0. The summed E-state index contributed by atoms with van der Waals surface area (Å²) in [6.07, 6.45) is 3.27. The molecule has 0 aliphatic carbocycles. The van der Waals surface area contributed by atoms with Crippen molar-refractivity contribution in [3.8, 4) is 0 Å². The van der Waals surface area contributed by atoms with E-state index in [4.69, 9.17) is 9.47 Å². The van der Waals surface area contributed by atoms with Gasteiger partial charge in [-0.1, -0.05) is 0 Å². The second kappa shape index (κ2) is 3.35. The summed E-state index contributed by atoms with van der Waals surface area (Å²) in [5.41, 5.74) is 0. The van der Waals surface area contributed by atoms with Gasteiger partial charge in [0.25, 0.3) is 0 Å². The zero-order valence-electron chi connectivity index (χ0n) is 6.96. The van der Waals surface area contributed by atoms with Crippen molar-refractivity contribution in [3.05, 3.63) is 0 Å². The molecule has 0 aromatic rings. The molecule has 1 rings (SSSR count). The molecule has 2 nitrogen and oxygen atoms in total. The molecule has 1 unspecified atom stereocenters. The molecule has 3 atom stereocenters. The summed E-state index contributed by atoms with van der Waals surface area (Å²) in [5.74, 6) is 0. The lowest BCUT2D eigenvalue weighted by molar-refractivity contribution is -0.114. The zero-order chi connectivity index (χ0) is 7.56. The van der Waals surface area contributed by atoms with Gasteiger partial charge < -0.3 is 9.47 Å². The number of hydrogen-bond acceptors (Lipinski definition) is 2. The van der Waals surface area contributed by atoms with Crippen LogP contribution in [0.5, 0.6) is 0 Å². The second-order valence-corrected chi connectivity index (χ2v) is 3.00. The van der Waals surface area contributed by atoms with E-state index in [0.29, 0.717) is 12.2 Å². The van der Waals surface area contributed by atoms with Crippen LogP contribution in [0.25, 0.3) is 0 Å². The van der Waals surface area contributed by atoms with Crippen molar-refractivity contribution in [2.75, 3.05) is 7.11 Å². The van der Waals surface area contributed by atoms with Crippen LogP contribution in [0.4, 0.5) is 0 Å². The highest BCUT2D eigenvalue weighted by atomic mass is 16.5. The van der Waals surface area contributed by atoms with Crippen molar-refractivity contribution < 1.29 is 9.47 Å². The first-order valence-corrected chi connectivity index (χ1v) is 3.92. The lowest BCUT2D eigenvalue weighted by atomic mass is 10.0. The predicted octanol–water partition coefficient (Wildman–Crippen LogP) is 1.59. The first-order valence-electron chi connectivity index (χ1n) is 3.92. The summed E-state index contributed by atoms with van der Waals surface area (Å²) >= 11 is 0. The average molecular weight is 144 g/mol. The topological polar surface area (TPSA) is 18.5 Å². The van der Waals surface area contributed by atoms with Gasteiger partial charge in [0.2, 0.25) is 0 Å². The number of ether oxygens (including phenoxy) is 2. The van der Waals surface area contributed by atoms with E-state index in [9.17, 15) is 0 Å². The van der Waals surface area contributed by atoms with E-state index >= 15 is 0 Å². The highest BCUT2D eigenvalue weighted by molar-refractivity contribution is 4.74. The molecular weight excluding hydrogens is 128 g/mol. The molecular formula is C8H16O2. The predicted molar refractivity (Wildman–Crippen MR) is 40.0 cm³/mol. The van der Waals surface area contributed by atoms with Gasteiger partial charge in [-0.15, -0.1) is 0 Å². The van der Waals surface area contributed by atoms with E-state index in [2.05, 4.69) is 13.8 Å². The molecule has 1 fully saturated rings. The summed E-state index contributed by atoms with van der Waals surface area (Å²) in [6.45, 7) is 4.19. The van der Waals surface area contributed by atoms with E-state index in [1.807, 2.05) is 0 Å². The molecule has 0 aromatic heterocycles. The molecule has 1 heterocycles. The van der Waals surface area contributed by atoms with Gasteiger partial charge in [-0.3, -0.25) is 0 Å². The Bertz CT molecular complexity index is 103. The lowest BCUT2D eigenvalue weighted by Gasteiger charge is -2.31. The third-order valence-electron chi connectivity index (χ3n) is 2.13. The Hall–Kier alpha value is -0.0800. The number of hydrogen-bond donors (Lipinski definition) is 0. The molecule has 0 bridgehead atoms. The minimum Gasteiger partial charge on any atom is -0.379 e. The van der Waals surface area contributed by atoms with Gasteiger partial charge >= 0.3 is 0 Å². The molecule has 0 amide bonds. The van der Waals surface area contributed by atoms with E-state index in [1.165, 1.54) is 0 Å². The Labute approximate surface area is 62.5 Å². The van der Waals surface area contributed by atoms with Crippen molar-refractivity contribution in [1.29, 1.82) is 0 Å². The van der Waals surface area contributed by atoms with Crippen LogP contribution >= 0.6 is 0 Å². The molecule has 1 aliphatic heterocycles. The second-order valence-electron chi connectivity index (χ2n) is 3.00. The van der Waals surface area contributed by atoms with Crippen molar-refractivity contribution in [3.63, 3.8) is 0 Å². The molecule has 60 valence electrons. The summed E-state index contributed by atoms with van der Waals surface area (Å²) < 4.78 is 10.8.